The smallest absolute Gasteiger partial charge is 0.272 e. The highest BCUT2D eigenvalue weighted by atomic mass is 16.2. The maximum atomic E-state index is 12.5. The molecule has 1 N–H and O–H groups in total. The van der Waals surface area contributed by atoms with Gasteiger partial charge in [-0.05, 0) is 30.7 Å². The van der Waals surface area contributed by atoms with Crippen molar-refractivity contribution in [1.29, 1.82) is 0 Å². The highest BCUT2D eigenvalue weighted by Crippen LogP contribution is 2.28. The van der Waals surface area contributed by atoms with Crippen LogP contribution in [0.15, 0.2) is 30.3 Å². The maximum absolute atomic E-state index is 12.5. The van der Waals surface area contributed by atoms with Gasteiger partial charge in [-0.2, -0.15) is 0 Å². The van der Waals surface area contributed by atoms with Crippen molar-refractivity contribution >= 4 is 22.5 Å². The van der Waals surface area contributed by atoms with E-state index in [9.17, 15) is 4.79 Å². The Morgan fingerprint density at radius 1 is 1.38 bits per heavy atom. The molecule has 1 aromatic carbocycles. The van der Waals surface area contributed by atoms with Gasteiger partial charge in [0, 0.05) is 25.0 Å². The molecule has 0 saturated heterocycles. The predicted molar refractivity (Wildman–Crippen MR) is 85.6 cm³/mol. The minimum Gasteiger partial charge on any atom is -0.370 e. The van der Waals surface area contributed by atoms with E-state index >= 15 is 0 Å². The van der Waals surface area contributed by atoms with Crippen molar-refractivity contribution in [2.45, 2.75) is 32.2 Å². The lowest BCUT2D eigenvalue weighted by Gasteiger charge is -2.17. The van der Waals surface area contributed by atoms with Crippen LogP contribution in [-0.2, 0) is 0 Å². The van der Waals surface area contributed by atoms with Crippen molar-refractivity contribution < 1.29 is 4.79 Å². The van der Waals surface area contributed by atoms with Crippen molar-refractivity contribution in [3.63, 3.8) is 0 Å². The first-order chi connectivity index (χ1) is 10.2. The summed E-state index contributed by atoms with van der Waals surface area (Å²) in [6.07, 6.45) is 3.24. The molecule has 21 heavy (non-hydrogen) atoms. The molecule has 1 aromatic heterocycles. The molecule has 1 heterocycles. The van der Waals surface area contributed by atoms with Gasteiger partial charge in [-0.3, -0.25) is 4.79 Å². The number of benzene rings is 1. The summed E-state index contributed by atoms with van der Waals surface area (Å²) in [6, 6.07) is 10.4. The third kappa shape index (κ3) is 2.84. The van der Waals surface area contributed by atoms with Gasteiger partial charge in [-0.1, -0.05) is 31.2 Å². The van der Waals surface area contributed by atoms with Gasteiger partial charge in [0.15, 0.2) is 0 Å². The van der Waals surface area contributed by atoms with Crippen LogP contribution in [0.2, 0.25) is 0 Å². The third-order valence-corrected chi connectivity index (χ3v) is 3.92. The van der Waals surface area contributed by atoms with E-state index in [1.807, 2.05) is 42.3 Å². The van der Waals surface area contributed by atoms with E-state index in [1.165, 1.54) is 0 Å². The molecule has 1 saturated carbocycles. The molecule has 0 bridgehead atoms. The third-order valence-electron chi connectivity index (χ3n) is 3.92. The van der Waals surface area contributed by atoms with Crippen molar-refractivity contribution in [3.05, 3.63) is 36.0 Å². The Morgan fingerprint density at radius 3 is 2.86 bits per heavy atom. The lowest BCUT2D eigenvalue weighted by atomic mass is 10.1. The molecule has 0 unspecified atom stereocenters. The van der Waals surface area contributed by atoms with Crippen LogP contribution in [0, 0.1) is 0 Å². The normalized spacial score (nSPS) is 14.2. The van der Waals surface area contributed by atoms with E-state index < -0.39 is 0 Å². The van der Waals surface area contributed by atoms with Crippen molar-refractivity contribution in [2.75, 3.05) is 18.9 Å². The second-order valence-corrected chi connectivity index (χ2v) is 5.65. The second kappa shape index (κ2) is 5.72. The summed E-state index contributed by atoms with van der Waals surface area (Å²) in [5, 5.41) is 5.46. The highest BCUT2D eigenvalue weighted by molar-refractivity contribution is 6.00. The maximum Gasteiger partial charge on any atom is 0.272 e. The van der Waals surface area contributed by atoms with Gasteiger partial charge in [-0.25, -0.2) is 4.98 Å². The molecule has 1 aliphatic carbocycles. The monoisotopic (exact) mass is 283 g/mol. The Balaban J connectivity index is 2.00. The summed E-state index contributed by atoms with van der Waals surface area (Å²) < 4.78 is 0. The molecule has 1 fully saturated rings. The average molecular weight is 283 g/mol. The van der Waals surface area contributed by atoms with Gasteiger partial charge in [0.1, 0.15) is 11.5 Å². The van der Waals surface area contributed by atoms with Crippen LogP contribution in [0.3, 0.4) is 0 Å². The zero-order valence-corrected chi connectivity index (χ0v) is 12.6. The number of carbonyl (C=O) groups is 1. The van der Waals surface area contributed by atoms with Crippen LogP contribution < -0.4 is 5.32 Å². The summed E-state index contributed by atoms with van der Waals surface area (Å²) in [5.74, 6) is 0.824. The van der Waals surface area contributed by atoms with E-state index in [0.717, 1.165) is 42.4 Å². The number of carbonyl (C=O) groups excluding carboxylic acids is 1. The van der Waals surface area contributed by atoms with Gasteiger partial charge >= 0.3 is 0 Å². The van der Waals surface area contributed by atoms with Crippen LogP contribution in [0.25, 0.3) is 10.8 Å². The second-order valence-electron chi connectivity index (χ2n) is 5.65. The lowest BCUT2D eigenvalue weighted by molar-refractivity contribution is 0.0779. The van der Waals surface area contributed by atoms with E-state index in [2.05, 4.69) is 17.2 Å². The number of fused-ring (bicyclic) bond motifs is 1. The van der Waals surface area contributed by atoms with Crippen LogP contribution in [0.1, 0.15) is 36.7 Å². The number of nitrogens with zero attached hydrogens (tertiary/aromatic N) is 2. The minimum absolute atomic E-state index is 0.0165. The summed E-state index contributed by atoms with van der Waals surface area (Å²) in [7, 11) is 1.87. The first-order valence-corrected chi connectivity index (χ1v) is 7.61. The molecule has 1 aliphatic rings. The molecule has 110 valence electrons. The fourth-order valence-electron chi connectivity index (χ4n) is 2.49. The molecule has 4 heteroatoms. The number of amides is 1. The number of rotatable bonds is 5. The molecular weight excluding hydrogens is 262 g/mol. The molecule has 3 rings (SSSR count). The van der Waals surface area contributed by atoms with Crippen molar-refractivity contribution in [2.24, 2.45) is 0 Å². The minimum atomic E-state index is 0.0165. The van der Waals surface area contributed by atoms with Crippen molar-refractivity contribution in [1.82, 2.24) is 9.88 Å². The Morgan fingerprint density at radius 2 is 2.14 bits per heavy atom. The van der Waals surface area contributed by atoms with Crippen LogP contribution >= 0.6 is 0 Å². The van der Waals surface area contributed by atoms with Crippen molar-refractivity contribution in [3.8, 4) is 0 Å². The zero-order chi connectivity index (χ0) is 14.8. The first-order valence-electron chi connectivity index (χ1n) is 7.61. The number of nitrogens with one attached hydrogen (secondary N) is 1. The number of pyridine rings is 1. The standard InChI is InChI=1S/C17H21N3O/c1-3-10-18-16-14-7-5-4-6-12(14)11-15(19-16)17(21)20(2)13-8-9-13/h4-7,11,13H,3,8-10H2,1-2H3,(H,18,19). The van der Waals surface area contributed by atoms with Crippen LogP contribution in [-0.4, -0.2) is 35.4 Å². The molecule has 0 aliphatic heterocycles. The van der Waals surface area contributed by atoms with Gasteiger partial charge < -0.3 is 10.2 Å². The van der Waals surface area contributed by atoms with Gasteiger partial charge in [-0.15, -0.1) is 0 Å². The number of hydrogen-bond donors (Lipinski definition) is 1. The average Bonchev–Trinajstić information content (AvgIpc) is 3.35. The molecule has 0 spiro atoms. The van der Waals surface area contributed by atoms with Gasteiger partial charge in [0.05, 0.1) is 0 Å². The van der Waals surface area contributed by atoms with E-state index in [1.54, 1.807) is 0 Å². The number of anilines is 1. The van der Waals surface area contributed by atoms with Crippen LogP contribution in [0.4, 0.5) is 5.82 Å². The number of hydrogen-bond acceptors (Lipinski definition) is 3. The highest BCUT2D eigenvalue weighted by Gasteiger charge is 2.30. The first kappa shape index (κ1) is 13.9. The summed E-state index contributed by atoms with van der Waals surface area (Å²) in [6.45, 7) is 2.97. The van der Waals surface area contributed by atoms with E-state index in [4.69, 9.17) is 0 Å². The van der Waals surface area contributed by atoms with Gasteiger partial charge in [0.25, 0.3) is 5.91 Å². The molecule has 1 amide bonds. The molecular formula is C17H21N3O. The van der Waals surface area contributed by atoms with E-state index in [-0.39, 0.29) is 5.91 Å². The molecule has 2 aromatic rings. The topological polar surface area (TPSA) is 45.2 Å². The summed E-state index contributed by atoms with van der Waals surface area (Å²) in [4.78, 5) is 18.9. The number of aromatic nitrogens is 1. The Kier molecular flexibility index (Phi) is 3.78. The zero-order valence-electron chi connectivity index (χ0n) is 12.6. The van der Waals surface area contributed by atoms with Crippen LogP contribution in [0.5, 0.6) is 0 Å². The van der Waals surface area contributed by atoms with Gasteiger partial charge in [0.2, 0.25) is 0 Å². The Bertz CT molecular complexity index is 664. The molecule has 0 radical (unpaired) electrons. The quantitative estimate of drug-likeness (QED) is 0.916. The fourth-order valence-corrected chi connectivity index (χ4v) is 2.49. The SMILES string of the molecule is CCCNc1nc(C(=O)N(C)C2CC2)cc2ccccc12. The van der Waals surface area contributed by atoms with E-state index in [0.29, 0.717) is 11.7 Å². The molecule has 4 nitrogen and oxygen atoms in total. The largest absolute Gasteiger partial charge is 0.370 e. The molecule has 0 atom stereocenters. The summed E-state index contributed by atoms with van der Waals surface area (Å²) in [5.41, 5.74) is 0.529. The lowest BCUT2D eigenvalue weighted by Crippen LogP contribution is -2.29. The predicted octanol–water partition coefficient (Wildman–Crippen LogP) is 3.29. The Hall–Kier alpha value is -2.10. The fraction of sp³-hybridized carbons (Fsp3) is 0.412. The Labute approximate surface area is 125 Å². The summed E-state index contributed by atoms with van der Waals surface area (Å²) >= 11 is 0.